The molecule has 0 saturated heterocycles. The number of nitrogens with one attached hydrogen (secondary N) is 1. The van der Waals surface area contributed by atoms with Gasteiger partial charge in [-0.25, -0.2) is 13.8 Å². The van der Waals surface area contributed by atoms with Gasteiger partial charge in [0.25, 0.3) is 5.56 Å². The lowest BCUT2D eigenvalue weighted by Crippen LogP contribution is -2.23. The van der Waals surface area contributed by atoms with Crippen LogP contribution >= 0.6 is 43.6 Å². The minimum Gasteiger partial charge on any atom is -0.322 e. The number of hydrogen-bond donors (Lipinski definition) is 1. The number of anilines is 1. The van der Waals surface area contributed by atoms with Crippen molar-refractivity contribution < 1.29 is 13.6 Å². The Balaban J connectivity index is 1.67. The molecule has 0 unspecified atom stereocenters. The topological polar surface area (TPSA) is 64.0 Å². The second kappa shape index (κ2) is 9.51. The van der Waals surface area contributed by atoms with Crippen LogP contribution in [0.1, 0.15) is 0 Å². The smallest absolute Gasteiger partial charge is 0.266 e. The third-order valence-corrected chi connectivity index (χ3v) is 6.53. The summed E-state index contributed by atoms with van der Waals surface area (Å²) in [7, 11) is 0. The van der Waals surface area contributed by atoms with Gasteiger partial charge in [0, 0.05) is 15.0 Å². The lowest BCUT2D eigenvalue weighted by molar-refractivity contribution is -0.113. The normalized spacial score (nSPS) is 11.0. The first-order valence-electron chi connectivity index (χ1n) is 9.18. The number of rotatable bonds is 5. The van der Waals surface area contributed by atoms with E-state index in [9.17, 15) is 18.4 Å². The van der Waals surface area contributed by atoms with E-state index in [1.807, 2.05) is 0 Å². The van der Waals surface area contributed by atoms with E-state index in [2.05, 4.69) is 42.2 Å². The van der Waals surface area contributed by atoms with Crippen LogP contribution in [0, 0.1) is 11.6 Å². The zero-order valence-electron chi connectivity index (χ0n) is 16.1. The third kappa shape index (κ3) is 4.77. The Bertz CT molecular complexity index is 1370. The van der Waals surface area contributed by atoms with E-state index in [1.165, 1.54) is 4.57 Å². The van der Waals surface area contributed by atoms with Crippen LogP contribution in [0.4, 0.5) is 14.5 Å². The molecule has 0 aliphatic heterocycles. The highest BCUT2D eigenvalue weighted by Gasteiger charge is 2.17. The first-order valence-corrected chi connectivity index (χ1v) is 11.8. The predicted molar refractivity (Wildman–Crippen MR) is 128 cm³/mol. The van der Waals surface area contributed by atoms with Gasteiger partial charge in [0.15, 0.2) is 11.0 Å². The molecule has 3 aromatic carbocycles. The highest BCUT2D eigenvalue weighted by Crippen LogP contribution is 2.28. The number of carbonyl (C=O) groups is 1. The van der Waals surface area contributed by atoms with Crippen LogP contribution in [-0.2, 0) is 4.79 Å². The fourth-order valence-corrected chi connectivity index (χ4v) is 4.58. The fraction of sp³-hybridized carbons (Fsp3) is 0.0455. The number of aromatic nitrogens is 2. The minimum absolute atomic E-state index is 0.0870. The summed E-state index contributed by atoms with van der Waals surface area (Å²) in [5, 5.41) is 3.18. The Hall–Kier alpha value is -2.56. The summed E-state index contributed by atoms with van der Waals surface area (Å²) in [6.45, 7) is 0. The van der Waals surface area contributed by atoms with Gasteiger partial charge in [0.1, 0.15) is 5.82 Å². The Morgan fingerprint density at radius 3 is 2.50 bits per heavy atom. The maximum Gasteiger partial charge on any atom is 0.266 e. The maximum absolute atomic E-state index is 14.0. The number of thioether (sulfide) groups is 1. The molecule has 5 nitrogen and oxygen atoms in total. The molecule has 10 heteroatoms. The van der Waals surface area contributed by atoms with Gasteiger partial charge in [-0.15, -0.1) is 0 Å². The average Bonchev–Trinajstić information content (AvgIpc) is 2.76. The summed E-state index contributed by atoms with van der Waals surface area (Å²) in [5.74, 6) is -2.35. The lowest BCUT2D eigenvalue weighted by atomic mass is 10.2. The van der Waals surface area contributed by atoms with Crippen molar-refractivity contribution in [3.63, 3.8) is 0 Å². The number of amides is 1. The van der Waals surface area contributed by atoms with Gasteiger partial charge in [0.05, 0.1) is 28.0 Å². The van der Waals surface area contributed by atoms with Crippen molar-refractivity contribution in [3.05, 3.63) is 91.6 Å². The van der Waals surface area contributed by atoms with Crippen molar-refractivity contribution in [2.24, 2.45) is 0 Å². The lowest BCUT2D eigenvalue weighted by Gasteiger charge is -2.14. The standard InChI is InChI=1S/C22H13Br2F2N3O2S/c23-12-5-7-14(8-6-12)29-21(31)15-3-1-2-4-18(15)27-22(29)32-11-19(30)28-20-16(24)9-13(25)10-17(20)26/h1-10H,11H2,(H,28,30). The monoisotopic (exact) mass is 579 g/mol. The first kappa shape index (κ1) is 22.6. The molecule has 0 spiro atoms. The van der Waals surface area contributed by atoms with Crippen LogP contribution in [0.5, 0.6) is 0 Å². The van der Waals surface area contributed by atoms with Gasteiger partial charge in [-0.05, 0) is 58.4 Å². The number of carbonyl (C=O) groups excluding carboxylic acids is 1. The van der Waals surface area contributed by atoms with E-state index in [0.717, 1.165) is 22.3 Å². The van der Waals surface area contributed by atoms with Gasteiger partial charge in [-0.2, -0.15) is 0 Å². The van der Waals surface area contributed by atoms with E-state index in [-0.39, 0.29) is 21.5 Å². The van der Waals surface area contributed by atoms with Gasteiger partial charge in [-0.3, -0.25) is 14.2 Å². The van der Waals surface area contributed by atoms with Crippen LogP contribution in [0.3, 0.4) is 0 Å². The fourth-order valence-electron chi connectivity index (χ4n) is 2.99. The molecule has 0 aliphatic rings. The van der Waals surface area contributed by atoms with Crippen LogP contribution in [-0.4, -0.2) is 21.2 Å². The van der Waals surface area contributed by atoms with E-state index in [4.69, 9.17) is 0 Å². The molecule has 1 N–H and O–H groups in total. The number of nitrogens with zero attached hydrogens (tertiary/aromatic N) is 2. The quantitative estimate of drug-likeness (QED) is 0.235. The molecule has 0 saturated carbocycles. The van der Waals surface area contributed by atoms with Crippen LogP contribution in [0.15, 0.2) is 79.6 Å². The van der Waals surface area contributed by atoms with Crippen molar-refractivity contribution in [2.75, 3.05) is 11.1 Å². The Kier molecular flexibility index (Phi) is 6.73. The second-order valence-electron chi connectivity index (χ2n) is 6.61. The van der Waals surface area contributed by atoms with Crippen molar-refractivity contribution in [3.8, 4) is 5.69 Å². The maximum atomic E-state index is 14.0. The summed E-state index contributed by atoms with van der Waals surface area (Å²) in [4.78, 5) is 30.2. The molecule has 4 rings (SSSR count). The Morgan fingerprint density at radius 1 is 1.06 bits per heavy atom. The SMILES string of the molecule is O=C(CSc1nc2ccccc2c(=O)n1-c1ccc(Br)cc1)Nc1c(F)cc(F)cc1Br. The average molecular weight is 581 g/mol. The minimum atomic E-state index is -0.897. The molecule has 0 radical (unpaired) electrons. The van der Waals surface area contributed by atoms with Crippen LogP contribution in [0.25, 0.3) is 16.6 Å². The summed E-state index contributed by atoms with van der Waals surface area (Å²) >= 11 is 7.45. The van der Waals surface area contributed by atoms with Crippen LogP contribution in [0.2, 0.25) is 0 Å². The molecule has 0 aliphatic carbocycles. The molecule has 4 aromatic rings. The molecular formula is C22H13Br2F2N3O2S. The molecule has 1 amide bonds. The van der Waals surface area contributed by atoms with E-state index in [1.54, 1.807) is 48.5 Å². The van der Waals surface area contributed by atoms with Crippen LogP contribution < -0.4 is 10.9 Å². The predicted octanol–water partition coefficient (Wildman–Crippen LogP) is 5.92. The van der Waals surface area contributed by atoms with Gasteiger partial charge >= 0.3 is 0 Å². The van der Waals surface area contributed by atoms with E-state index >= 15 is 0 Å². The first-order chi connectivity index (χ1) is 15.3. The molecule has 32 heavy (non-hydrogen) atoms. The highest BCUT2D eigenvalue weighted by atomic mass is 79.9. The summed E-state index contributed by atoms with van der Waals surface area (Å²) < 4.78 is 29.7. The van der Waals surface area contributed by atoms with E-state index in [0.29, 0.717) is 27.8 Å². The number of benzene rings is 3. The molecule has 0 bridgehead atoms. The molecule has 0 atom stereocenters. The third-order valence-electron chi connectivity index (χ3n) is 4.43. The number of fused-ring (bicyclic) bond motifs is 1. The molecule has 0 fully saturated rings. The van der Waals surface area contributed by atoms with Crippen molar-refractivity contribution in [2.45, 2.75) is 5.16 Å². The summed E-state index contributed by atoms with van der Waals surface area (Å²) in [5.41, 5.74) is 0.662. The molecule has 1 heterocycles. The summed E-state index contributed by atoms with van der Waals surface area (Å²) in [6.07, 6.45) is 0. The second-order valence-corrected chi connectivity index (χ2v) is 9.32. The van der Waals surface area contributed by atoms with Crippen molar-refractivity contribution in [1.82, 2.24) is 9.55 Å². The molecule has 1 aromatic heterocycles. The van der Waals surface area contributed by atoms with Gasteiger partial charge in [0.2, 0.25) is 5.91 Å². The van der Waals surface area contributed by atoms with Gasteiger partial charge in [-0.1, -0.05) is 39.8 Å². The Labute approximate surface area is 202 Å². The molecular weight excluding hydrogens is 568 g/mol. The Morgan fingerprint density at radius 2 is 1.78 bits per heavy atom. The zero-order valence-corrected chi connectivity index (χ0v) is 20.1. The highest BCUT2D eigenvalue weighted by molar-refractivity contribution is 9.10. The van der Waals surface area contributed by atoms with Crippen molar-refractivity contribution in [1.29, 1.82) is 0 Å². The van der Waals surface area contributed by atoms with Crippen molar-refractivity contribution >= 4 is 66.1 Å². The number of para-hydroxylation sites is 1. The largest absolute Gasteiger partial charge is 0.322 e. The van der Waals surface area contributed by atoms with E-state index < -0.39 is 17.5 Å². The van der Waals surface area contributed by atoms with Gasteiger partial charge < -0.3 is 5.32 Å². The number of hydrogen-bond acceptors (Lipinski definition) is 4. The number of halogens is 4. The summed E-state index contributed by atoms with van der Waals surface area (Å²) in [6, 6.07) is 15.8. The molecule has 162 valence electrons. The zero-order chi connectivity index (χ0) is 22.8.